The van der Waals surface area contributed by atoms with Gasteiger partial charge >= 0.3 is 7.12 Å². The fraction of sp³-hybridized carbons (Fsp3) is 0.333. The van der Waals surface area contributed by atoms with E-state index < -0.39 is 12.9 Å². The van der Waals surface area contributed by atoms with Crippen LogP contribution in [0.4, 0.5) is 4.39 Å². The number of halogens is 1. The number of thiophene rings is 1. The molecule has 0 fully saturated rings. The van der Waals surface area contributed by atoms with Gasteiger partial charge in [-0.1, -0.05) is 0 Å². The van der Waals surface area contributed by atoms with Crippen molar-refractivity contribution in [3.8, 4) is 5.06 Å². The Kier molecular flexibility index (Phi) is 2.71. The topological polar surface area (TPSA) is 49.7 Å². The summed E-state index contributed by atoms with van der Waals surface area (Å²) in [6, 6.07) is 0. The minimum absolute atomic E-state index is 0.0793. The summed E-state index contributed by atoms with van der Waals surface area (Å²) in [5.41, 5.74) is -0.100. The summed E-state index contributed by atoms with van der Waals surface area (Å²) in [6.07, 6.45) is 0. The Labute approximate surface area is 73.6 Å². The molecular formula is C6H8BFO3S. The molecular weight excluding hydrogens is 182 g/mol. The molecule has 0 bridgehead atoms. The number of rotatable bonds is 2. The van der Waals surface area contributed by atoms with E-state index >= 15 is 0 Å². The summed E-state index contributed by atoms with van der Waals surface area (Å²) in [6.45, 7) is 1.60. The first kappa shape index (κ1) is 9.50. The van der Waals surface area contributed by atoms with Gasteiger partial charge in [-0.2, -0.15) is 0 Å². The van der Waals surface area contributed by atoms with Crippen LogP contribution in [0.15, 0.2) is 0 Å². The molecule has 0 aliphatic carbocycles. The van der Waals surface area contributed by atoms with E-state index in [0.717, 1.165) is 11.3 Å². The fourth-order valence-electron chi connectivity index (χ4n) is 0.930. The lowest BCUT2D eigenvalue weighted by atomic mass is 9.80. The second-order valence-electron chi connectivity index (χ2n) is 2.25. The van der Waals surface area contributed by atoms with Crippen molar-refractivity contribution in [1.29, 1.82) is 0 Å². The van der Waals surface area contributed by atoms with Crippen LogP contribution in [0.3, 0.4) is 0 Å². The molecule has 0 atom stereocenters. The number of methoxy groups -OCH3 is 1. The van der Waals surface area contributed by atoms with Crippen LogP contribution in [0.2, 0.25) is 0 Å². The van der Waals surface area contributed by atoms with Crippen molar-refractivity contribution in [2.75, 3.05) is 7.11 Å². The molecule has 0 saturated heterocycles. The Morgan fingerprint density at radius 2 is 2.08 bits per heavy atom. The maximum atomic E-state index is 13.1. The number of aryl methyl sites for hydroxylation is 1. The molecule has 1 aromatic heterocycles. The zero-order chi connectivity index (χ0) is 9.30. The molecule has 6 heteroatoms. The van der Waals surface area contributed by atoms with E-state index in [-0.39, 0.29) is 10.5 Å². The predicted molar refractivity (Wildman–Crippen MR) is 45.4 cm³/mol. The standard InChI is InChI=1S/C6H8BFO3S/c1-3-4(7(9)10)5(8)6(11-2)12-3/h9-10H,1-2H3. The largest absolute Gasteiger partial charge is 0.492 e. The Hall–Kier alpha value is -0.585. The Morgan fingerprint density at radius 1 is 1.50 bits per heavy atom. The third-order valence-corrected chi connectivity index (χ3v) is 2.54. The van der Waals surface area contributed by atoms with Crippen molar-refractivity contribution in [2.45, 2.75) is 6.92 Å². The molecule has 66 valence electrons. The lowest BCUT2D eigenvalue weighted by Gasteiger charge is -1.96. The molecule has 0 radical (unpaired) electrons. The Bertz CT molecular complexity index is 287. The lowest BCUT2D eigenvalue weighted by Crippen LogP contribution is -2.32. The quantitative estimate of drug-likeness (QED) is 0.639. The zero-order valence-corrected chi connectivity index (χ0v) is 7.48. The van der Waals surface area contributed by atoms with Gasteiger partial charge in [0, 0.05) is 10.3 Å². The van der Waals surface area contributed by atoms with Gasteiger partial charge in [-0.15, -0.1) is 11.3 Å². The van der Waals surface area contributed by atoms with Crippen molar-refractivity contribution >= 4 is 23.9 Å². The molecule has 0 aromatic carbocycles. The summed E-state index contributed by atoms with van der Waals surface area (Å²) in [4.78, 5) is 0.513. The molecule has 1 aromatic rings. The highest BCUT2D eigenvalue weighted by molar-refractivity contribution is 7.15. The average molecular weight is 190 g/mol. The van der Waals surface area contributed by atoms with E-state index in [1.54, 1.807) is 6.92 Å². The summed E-state index contributed by atoms with van der Waals surface area (Å²) >= 11 is 1.05. The first-order valence-corrected chi connectivity index (χ1v) is 4.08. The van der Waals surface area contributed by atoms with Gasteiger partial charge in [0.2, 0.25) is 5.06 Å². The van der Waals surface area contributed by atoms with Gasteiger partial charge in [-0.25, -0.2) is 4.39 Å². The smallest absolute Gasteiger partial charge is 0.485 e. The third kappa shape index (κ3) is 1.45. The molecule has 1 heterocycles. The van der Waals surface area contributed by atoms with Crippen molar-refractivity contribution in [1.82, 2.24) is 0 Å². The van der Waals surface area contributed by atoms with Crippen LogP contribution in [0, 0.1) is 12.7 Å². The molecule has 1 rings (SSSR count). The third-order valence-electron chi connectivity index (χ3n) is 1.48. The fourth-order valence-corrected chi connectivity index (χ4v) is 1.80. The van der Waals surface area contributed by atoms with Crippen LogP contribution in [-0.4, -0.2) is 24.3 Å². The summed E-state index contributed by atoms with van der Waals surface area (Å²) < 4.78 is 17.8. The minimum Gasteiger partial charge on any atom is -0.485 e. The van der Waals surface area contributed by atoms with Crippen molar-refractivity contribution < 1.29 is 19.2 Å². The predicted octanol–water partition coefficient (Wildman–Crippen LogP) is -0.116. The van der Waals surface area contributed by atoms with Crippen LogP contribution in [-0.2, 0) is 0 Å². The van der Waals surface area contributed by atoms with Gasteiger partial charge in [-0.3, -0.25) is 0 Å². The summed E-state index contributed by atoms with van der Waals surface area (Å²) in [7, 11) is -0.438. The Balaban J connectivity index is 3.19. The van der Waals surface area contributed by atoms with Gasteiger partial charge in [0.15, 0.2) is 5.82 Å². The molecule has 12 heavy (non-hydrogen) atoms. The zero-order valence-electron chi connectivity index (χ0n) is 6.67. The van der Waals surface area contributed by atoms with Gasteiger partial charge in [-0.05, 0) is 6.92 Å². The maximum absolute atomic E-state index is 13.1. The van der Waals surface area contributed by atoms with E-state index in [1.165, 1.54) is 7.11 Å². The summed E-state index contributed by atoms with van der Waals surface area (Å²) in [5.74, 6) is -0.685. The van der Waals surface area contributed by atoms with Crippen LogP contribution < -0.4 is 10.2 Å². The van der Waals surface area contributed by atoms with E-state index in [2.05, 4.69) is 4.74 Å². The summed E-state index contributed by atoms with van der Waals surface area (Å²) in [5, 5.41) is 17.6. The van der Waals surface area contributed by atoms with Crippen molar-refractivity contribution in [3.05, 3.63) is 10.7 Å². The molecule has 3 nitrogen and oxygen atoms in total. The van der Waals surface area contributed by atoms with Crippen LogP contribution in [0.1, 0.15) is 4.88 Å². The highest BCUT2D eigenvalue weighted by atomic mass is 32.1. The molecule has 0 aliphatic heterocycles. The van der Waals surface area contributed by atoms with Crippen LogP contribution in [0.25, 0.3) is 0 Å². The highest BCUT2D eigenvalue weighted by Gasteiger charge is 2.25. The van der Waals surface area contributed by atoms with Crippen LogP contribution in [0.5, 0.6) is 5.06 Å². The van der Waals surface area contributed by atoms with E-state index in [4.69, 9.17) is 10.0 Å². The Morgan fingerprint density at radius 3 is 2.33 bits per heavy atom. The normalized spacial score (nSPS) is 10.1. The van der Waals surface area contributed by atoms with Gasteiger partial charge < -0.3 is 14.8 Å². The second kappa shape index (κ2) is 3.43. The average Bonchev–Trinajstić information content (AvgIpc) is 2.25. The van der Waals surface area contributed by atoms with Crippen molar-refractivity contribution in [3.63, 3.8) is 0 Å². The molecule has 0 spiro atoms. The second-order valence-corrected chi connectivity index (χ2v) is 3.44. The van der Waals surface area contributed by atoms with E-state index in [9.17, 15) is 4.39 Å². The maximum Gasteiger partial charge on any atom is 0.492 e. The monoisotopic (exact) mass is 190 g/mol. The van der Waals surface area contributed by atoms with Gasteiger partial charge in [0.25, 0.3) is 0 Å². The first-order valence-electron chi connectivity index (χ1n) is 3.26. The molecule has 0 amide bonds. The number of hydrogen-bond donors (Lipinski definition) is 2. The van der Waals surface area contributed by atoms with Gasteiger partial charge in [0.05, 0.1) is 7.11 Å². The van der Waals surface area contributed by atoms with E-state index in [0.29, 0.717) is 4.88 Å². The lowest BCUT2D eigenvalue weighted by molar-refractivity contribution is 0.397. The molecule has 2 N–H and O–H groups in total. The van der Waals surface area contributed by atoms with Crippen LogP contribution >= 0.6 is 11.3 Å². The minimum atomic E-state index is -1.77. The molecule has 0 unspecified atom stereocenters. The molecule has 0 aliphatic rings. The number of hydrogen-bond acceptors (Lipinski definition) is 4. The highest BCUT2D eigenvalue weighted by Crippen LogP contribution is 2.26. The van der Waals surface area contributed by atoms with Crippen molar-refractivity contribution in [2.24, 2.45) is 0 Å². The molecule has 0 saturated carbocycles. The number of ether oxygens (including phenoxy) is 1. The first-order chi connectivity index (χ1) is 5.57. The van der Waals surface area contributed by atoms with Gasteiger partial charge in [0.1, 0.15) is 0 Å². The SMILES string of the molecule is COc1sc(C)c(B(O)O)c1F. The van der Waals surface area contributed by atoms with E-state index in [1.807, 2.05) is 0 Å².